The largest absolute Gasteiger partial charge is 0.382 e. The third kappa shape index (κ3) is 7.69. The van der Waals surface area contributed by atoms with E-state index in [0.717, 1.165) is 51.9 Å². The zero-order valence-corrected chi connectivity index (χ0v) is 11.1. The number of hydrogen-bond acceptors (Lipinski definition) is 2. The molecule has 96 valence electrons. The van der Waals surface area contributed by atoms with Gasteiger partial charge in [-0.05, 0) is 26.2 Å². The zero-order chi connectivity index (χ0) is 12.2. The molecule has 0 aliphatic heterocycles. The van der Waals surface area contributed by atoms with Crippen LogP contribution in [0.3, 0.4) is 0 Å². The summed E-state index contributed by atoms with van der Waals surface area (Å²) in [5, 5.41) is 2.99. The van der Waals surface area contributed by atoms with Gasteiger partial charge in [-0.2, -0.15) is 0 Å². The Balaban J connectivity index is 3.65. The van der Waals surface area contributed by atoms with Gasteiger partial charge in [0.25, 0.3) is 0 Å². The van der Waals surface area contributed by atoms with E-state index >= 15 is 0 Å². The lowest BCUT2D eigenvalue weighted by Crippen LogP contribution is -2.31. The Labute approximate surface area is 99.9 Å². The van der Waals surface area contributed by atoms with E-state index in [9.17, 15) is 4.79 Å². The Morgan fingerprint density at radius 1 is 1.19 bits per heavy atom. The molecule has 0 aromatic rings. The first-order chi connectivity index (χ1) is 7.76. The van der Waals surface area contributed by atoms with Crippen LogP contribution in [0.1, 0.15) is 52.9 Å². The van der Waals surface area contributed by atoms with Gasteiger partial charge < -0.3 is 10.1 Å². The van der Waals surface area contributed by atoms with Crippen LogP contribution in [0.25, 0.3) is 0 Å². The molecule has 1 N–H and O–H groups in total. The Kier molecular flexibility index (Phi) is 10.5. The molecule has 0 unspecified atom stereocenters. The fourth-order valence-electron chi connectivity index (χ4n) is 1.78. The maximum absolute atomic E-state index is 11.8. The van der Waals surface area contributed by atoms with Crippen LogP contribution in [0, 0.1) is 5.92 Å². The quantitative estimate of drug-likeness (QED) is 0.585. The standard InChI is InChI=1S/C13H27NO2/c1-4-8-12(9-5-2)13(15)14-10-7-11-16-6-3/h12H,4-11H2,1-3H3,(H,14,15). The van der Waals surface area contributed by atoms with Gasteiger partial charge in [0.15, 0.2) is 0 Å². The molecule has 16 heavy (non-hydrogen) atoms. The minimum atomic E-state index is 0.210. The predicted molar refractivity (Wildman–Crippen MR) is 67.4 cm³/mol. The minimum Gasteiger partial charge on any atom is -0.382 e. The van der Waals surface area contributed by atoms with Crippen molar-refractivity contribution in [2.75, 3.05) is 19.8 Å². The first-order valence-electron chi connectivity index (χ1n) is 6.61. The monoisotopic (exact) mass is 229 g/mol. The average Bonchev–Trinajstić information content (AvgIpc) is 2.28. The van der Waals surface area contributed by atoms with Crippen LogP contribution in [0.4, 0.5) is 0 Å². The summed E-state index contributed by atoms with van der Waals surface area (Å²) >= 11 is 0. The highest BCUT2D eigenvalue weighted by Gasteiger charge is 2.15. The first kappa shape index (κ1) is 15.4. The van der Waals surface area contributed by atoms with Crippen molar-refractivity contribution in [2.45, 2.75) is 52.9 Å². The summed E-state index contributed by atoms with van der Waals surface area (Å²) in [6, 6.07) is 0. The number of rotatable bonds is 10. The average molecular weight is 229 g/mol. The van der Waals surface area contributed by atoms with E-state index in [0.29, 0.717) is 0 Å². The topological polar surface area (TPSA) is 38.3 Å². The Hall–Kier alpha value is -0.570. The van der Waals surface area contributed by atoms with Gasteiger partial charge in [0.05, 0.1) is 0 Å². The number of carbonyl (C=O) groups is 1. The number of carbonyl (C=O) groups excluding carboxylic acids is 1. The van der Waals surface area contributed by atoms with Crippen molar-refractivity contribution in [3.8, 4) is 0 Å². The second-order valence-corrected chi connectivity index (χ2v) is 4.12. The van der Waals surface area contributed by atoms with Crippen molar-refractivity contribution in [3.05, 3.63) is 0 Å². The smallest absolute Gasteiger partial charge is 0.223 e. The van der Waals surface area contributed by atoms with Gasteiger partial charge in [0.2, 0.25) is 5.91 Å². The summed E-state index contributed by atoms with van der Waals surface area (Å²) in [5.74, 6) is 0.433. The van der Waals surface area contributed by atoms with Crippen LogP contribution in [0.15, 0.2) is 0 Å². The van der Waals surface area contributed by atoms with Crippen molar-refractivity contribution < 1.29 is 9.53 Å². The molecule has 0 spiro atoms. The normalized spacial score (nSPS) is 10.8. The highest BCUT2D eigenvalue weighted by Crippen LogP contribution is 2.13. The number of nitrogens with one attached hydrogen (secondary N) is 1. The van der Waals surface area contributed by atoms with Crippen LogP contribution in [-0.4, -0.2) is 25.7 Å². The maximum atomic E-state index is 11.8. The summed E-state index contributed by atoms with van der Waals surface area (Å²) in [6.45, 7) is 8.47. The molecule has 0 aliphatic rings. The maximum Gasteiger partial charge on any atom is 0.223 e. The van der Waals surface area contributed by atoms with Crippen molar-refractivity contribution in [3.63, 3.8) is 0 Å². The molecule has 0 saturated heterocycles. The molecule has 0 saturated carbocycles. The van der Waals surface area contributed by atoms with Crippen LogP contribution >= 0.6 is 0 Å². The Morgan fingerprint density at radius 3 is 2.31 bits per heavy atom. The molecule has 3 heteroatoms. The molecule has 0 atom stereocenters. The van der Waals surface area contributed by atoms with Gasteiger partial charge in [-0.3, -0.25) is 4.79 Å². The fourth-order valence-corrected chi connectivity index (χ4v) is 1.78. The van der Waals surface area contributed by atoms with E-state index in [1.807, 2.05) is 6.92 Å². The highest BCUT2D eigenvalue weighted by atomic mass is 16.5. The lowest BCUT2D eigenvalue weighted by molar-refractivity contribution is -0.125. The molecule has 0 aliphatic carbocycles. The van der Waals surface area contributed by atoms with E-state index in [4.69, 9.17) is 4.74 Å². The van der Waals surface area contributed by atoms with Crippen LogP contribution in [0.5, 0.6) is 0 Å². The van der Waals surface area contributed by atoms with Gasteiger partial charge >= 0.3 is 0 Å². The van der Waals surface area contributed by atoms with E-state index in [2.05, 4.69) is 19.2 Å². The van der Waals surface area contributed by atoms with Crippen molar-refractivity contribution >= 4 is 5.91 Å². The minimum absolute atomic E-state index is 0.210. The number of hydrogen-bond donors (Lipinski definition) is 1. The summed E-state index contributed by atoms with van der Waals surface area (Å²) in [5.41, 5.74) is 0. The fraction of sp³-hybridized carbons (Fsp3) is 0.923. The van der Waals surface area contributed by atoms with E-state index < -0.39 is 0 Å². The molecule has 0 bridgehead atoms. The van der Waals surface area contributed by atoms with E-state index in [-0.39, 0.29) is 11.8 Å². The van der Waals surface area contributed by atoms with Crippen molar-refractivity contribution in [1.29, 1.82) is 0 Å². The molecule has 0 aromatic heterocycles. The van der Waals surface area contributed by atoms with Gasteiger partial charge in [-0.25, -0.2) is 0 Å². The predicted octanol–water partition coefficient (Wildman–Crippen LogP) is 2.75. The summed E-state index contributed by atoms with van der Waals surface area (Å²) in [7, 11) is 0. The molecule has 0 rings (SSSR count). The molecule has 0 aromatic carbocycles. The second-order valence-electron chi connectivity index (χ2n) is 4.12. The lowest BCUT2D eigenvalue weighted by atomic mass is 9.97. The Bertz CT molecular complexity index is 165. The third-order valence-corrected chi connectivity index (χ3v) is 2.61. The molecule has 1 amide bonds. The molecule has 0 heterocycles. The van der Waals surface area contributed by atoms with Gasteiger partial charge in [0, 0.05) is 25.7 Å². The van der Waals surface area contributed by atoms with Gasteiger partial charge in [-0.1, -0.05) is 26.7 Å². The first-order valence-corrected chi connectivity index (χ1v) is 6.61. The lowest BCUT2D eigenvalue weighted by Gasteiger charge is -2.15. The molecule has 0 fully saturated rings. The number of amides is 1. The molecular weight excluding hydrogens is 202 g/mol. The Morgan fingerprint density at radius 2 is 1.81 bits per heavy atom. The van der Waals surface area contributed by atoms with E-state index in [1.54, 1.807) is 0 Å². The molecule has 3 nitrogen and oxygen atoms in total. The third-order valence-electron chi connectivity index (χ3n) is 2.61. The van der Waals surface area contributed by atoms with Crippen LogP contribution in [0.2, 0.25) is 0 Å². The number of ether oxygens (including phenoxy) is 1. The van der Waals surface area contributed by atoms with Crippen LogP contribution in [-0.2, 0) is 9.53 Å². The summed E-state index contributed by atoms with van der Waals surface area (Å²) in [6.07, 6.45) is 5.08. The SMILES string of the molecule is CCCC(CCC)C(=O)NCCCOCC. The van der Waals surface area contributed by atoms with Gasteiger partial charge in [0.1, 0.15) is 0 Å². The molecular formula is C13H27NO2. The molecule has 0 radical (unpaired) electrons. The summed E-state index contributed by atoms with van der Waals surface area (Å²) < 4.78 is 5.22. The van der Waals surface area contributed by atoms with E-state index in [1.165, 1.54) is 0 Å². The van der Waals surface area contributed by atoms with Crippen LogP contribution < -0.4 is 5.32 Å². The van der Waals surface area contributed by atoms with Crippen molar-refractivity contribution in [1.82, 2.24) is 5.32 Å². The van der Waals surface area contributed by atoms with Gasteiger partial charge in [-0.15, -0.1) is 0 Å². The van der Waals surface area contributed by atoms with Crippen molar-refractivity contribution in [2.24, 2.45) is 5.92 Å². The highest BCUT2D eigenvalue weighted by molar-refractivity contribution is 5.78. The second kappa shape index (κ2) is 10.9. The summed E-state index contributed by atoms with van der Waals surface area (Å²) in [4.78, 5) is 11.8. The zero-order valence-electron chi connectivity index (χ0n) is 11.1.